The normalized spacial score (nSPS) is 11.5. The van der Waals surface area contributed by atoms with Gasteiger partial charge in [0.05, 0.1) is 11.0 Å². The number of hydrogen-bond acceptors (Lipinski definition) is 2. The van der Waals surface area contributed by atoms with Crippen molar-refractivity contribution in [3.05, 3.63) is 194 Å². The summed E-state index contributed by atoms with van der Waals surface area (Å²) in [4.78, 5) is 2.38. The van der Waals surface area contributed by atoms with Crippen molar-refractivity contribution in [1.29, 1.82) is 0 Å². The number of fused-ring (bicyclic) bond motifs is 6. The Morgan fingerprint density at radius 1 is 0.333 bits per heavy atom. The molecule has 0 aliphatic heterocycles. The minimum Gasteiger partial charge on any atom is -0.310 e. The highest BCUT2D eigenvalue weighted by molar-refractivity contribution is 7.25. The van der Waals surface area contributed by atoms with Gasteiger partial charge in [-0.1, -0.05) is 127 Å². The van der Waals surface area contributed by atoms with Crippen molar-refractivity contribution in [2.24, 2.45) is 0 Å². The van der Waals surface area contributed by atoms with E-state index in [1.165, 1.54) is 64.2 Å². The molecule has 0 radical (unpaired) electrons. The number of para-hydroxylation sites is 2. The summed E-state index contributed by atoms with van der Waals surface area (Å²) in [6.07, 6.45) is 0. The molecule has 0 atom stereocenters. The first kappa shape index (κ1) is 29.5. The zero-order valence-corrected chi connectivity index (χ0v) is 28.6. The Morgan fingerprint density at radius 3 is 1.59 bits per heavy atom. The van der Waals surface area contributed by atoms with Crippen LogP contribution >= 0.6 is 11.3 Å². The van der Waals surface area contributed by atoms with Gasteiger partial charge in [0.15, 0.2) is 0 Å². The molecule has 0 saturated heterocycles. The maximum Gasteiger partial charge on any atom is 0.0541 e. The maximum absolute atomic E-state index is 2.38. The van der Waals surface area contributed by atoms with Crippen molar-refractivity contribution >= 4 is 70.4 Å². The zero-order chi connectivity index (χ0) is 33.7. The highest BCUT2D eigenvalue weighted by Crippen LogP contribution is 2.42. The molecule has 240 valence electrons. The van der Waals surface area contributed by atoms with Gasteiger partial charge >= 0.3 is 0 Å². The van der Waals surface area contributed by atoms with Crippen molar-refractivity contribution < 1.29 is 0 Å². The molecule has 0 spiro atoms. The van der Waals surface area contributed by atoms with E-state index in [-0.39, 0.29) is 0 Å². The van der Waals surface area contributed by atoms with E-state index < -0.39 is 0 Å². The van der Waals surface area contributed by atoms with Crippen molar-refractivity contribution in [2.45, 2.75) is 0 Å². The van der Waals surface area contributed by atoms with Crippen LogP contribution in [-0.2, 0) is 0 Å². The highest BCUT2D eigenvalue weighted by Gasteiger charge is 2.16. The first-order valence-corrected chi connectivity index (χ1v) is 18.2. The molecule has 10 rings (SSSR count). The van der Waals surface area contributed by atoms with E-state index >= 15 is 0 Å². The molecule has 0 N–H and O–H groups in total. The zero-order valence-electron chi connectivity index (χ0n) is 27.8. The molecule has 0 unspecified atom stereocenters. The van der Waals surface area contributed by atoms with Gasteiger partial charge in [-0.2, -0.15) is 0 Å². The summed E-state index contributed by atoms with van der Waals surface area (Å²) in [6.45, 7) is 0. The molecule has 0 amide bonds. The van der Waals surface area contributed by atoms with Crippen molar-refractivity contribution in [3.8, 4) is 27.9 Å². The number of rotatable bonds is 6. The minimum atomic E-state index is 1.12. The van der Waals surface area contributed by atoms with Gasteiger partial charge in [0.1, 0.15) is 0 Å². The van der Waals surface area contributed by atoms with Gasteiger partial charge < -0.3 is 9.47 Å². The Hall–Kier alpha value is -6.42. The molecule has 0 saturated carbocycles. The van der Waals surface area contributed by atoms with E-state index in [0.717, 1.165) is 22.7 Å². The highest BCUT2D eigenvalue weighted by atomic mass is 32.1. The van der Waals surface area contributed by atoms with Crippen LogP contribution in [0.15, 0.2) is 194 Å². The lowest BCUT2D eigenvalue weighted by atomic mass is 10.0. The molecule has 8 aromatic carbocycles. The molecule has 10 aromatic rings. The molecule has 0 aliphatic carbocycles. The van der Waals surface area contributed by atoms with Gasteiger partial charge in [-0.05, 0) is 89.0 Å². The van der Waals surface area contributed by atoms with Crippen LogP contribution in [0.4, 0.5) is 17.1 Å². The van der Waals surface area contributed by atoms with Crippen molar-refractivity contribution in [3.63, 3.8) is 0 Å². The maximum atomic E-state index is 2.38. The number of hydrogen-bond donors (Lipinski definition) is 0. The van der Waals surface area contributed by atoms with E-state index in [0.29, 0.717) is 0 Å². The third-order valence-corrected chi connectivity index (χ3v) is 11.1. The fourth-order valence-corrected chi connectivity index (χ4v) is 8.70. The van der Waals surface area contributed by atoms with Crippen LogP contribution in [0.3, 0.4) is 0 Å². The summed E-state index contributed by atoms with van der Waals surface area (Å²) < 4.78 is 4.97. The number of benzene rings is 8. The topological polar surface area (TPSA) is 8.17 Å². The Bertz CT molecular complexity index is 2790. The van der Waals surface area contributed by atoms with Gasteiger partial charge in [0.25, 0.3) is 0 Å². The largest absolute Gasteiger partial charge is 0.310 e. The lowest BCUT2D eigenvalue weighted by molar-refractivity contribution is 1.18. The molecule has 51 heavy (non-hydrogen) atoms. The quantitative estimate of drug-likeness (QED) is 0.171. The third-order valence-electron chi connectivity index (χ3n) is 10.00. The lowest BCUT2D eigenvalue weighted by Gasteiger charge is -2.26. The average Bonchev–Trinajstić information content (AvgIpc) is 3.74. The minimum absolute atomic E-state index is 1.12. The molecule has 0 bridgehead atoms. The standard InChI is InChI=1S/C48H32N2S/c1-2-11-33(12-3-1)36-13-10-14-39(31-36)49(40-29-30-44-43-17-6-9-20-47(43)51-48(44)32-40)37-25-21-34(22-26-37)35-23-27-38(28-24-35)50-45-18-7-4-15-41(45)42-16-5-8-19-46(42)50/h1-32H. The second kappa shape index (κ2) is 12.2. The van der Waals surface area contributed by atoms with E-state index in [2.05, 4.69) is 204 Å². The van der Waals surface area contributed by atoms with Crippen molar-refractivity contribution in [2.75, 3.05) is 4.90 Å². The summed E-state index contributed by atoms with van der Waals surface area (Å²) >= 11 is 1.86. The van der Waals surface area contributed by atoms with Crippen LogP contribution in [0.5, 0.6) is 0 Å². The lowest BCUT2D eigenvalue weighted by Crippen LogP contribution is -2.09. The predicted molar refractivity (Wildman–Crippen MR) is 219 cm³/mol. The van der Waals surface area contributed by atoms with Crippen molar-refractivity contribution in [1.82, 2.24) is 4.57 Å². The van der Waals surface area contributed by atoms with Crippen LogP contribution in [0.25, 0.3) is 69.9 Å². The van der Waals surface area contributed by atoms with E-state index in [1.54, 1.807) is 0 Å². The Labute approximate surface area is 300 Å². The predicted octanol–water partition coefficient (Wildman–Crippen LogP) is 14.0. The van der Waals surface area contributed by atoms with Gasteiger partial charge in [-0.15, -0.1) is 11.3 Å². The van der Waals surface area contributed by atoms with Gasteiger partial charge in [-0.3, -0.25) is 0 Å². The van der Waals surface area contributed by atoms with Crippen LogP contribution < -0.4 is 4.90 Å². The first-order chi connectivity index (χ1) is 25.3. The van der Waals surface area contributed by atoms with E-state index in [1.807, 2.05) is 11.3 Å². The molecule has 2 nitrogen and oxygen atoms in total. The van der Waals surface area contributed by atoms with Crippen LogP contribution in [0, 0.1) is 0 Å². The van der Waals surface area contributed by atoms with Gasteiger partial charge in [0, 0.05) is 53.7 Å². The summed E-state index contributed by atoms with van der Waals surface area (Å²) in [5.74, 6) is 0. The molecular formula is C48H32N2S. The van der Waals surface area contributed by atoms with Crippen LogP contribution in [-0.4, -0.2) is 4.57 Å². The molecule has 3 heteroatoms. The fraction of sp³-hybridized carbons (Fsp3) is 0. The molecule has 0 aliphatic rings. The van der Waals surface area contributed by atoms with Gasteiger partial charge in [0.2, 0.25) is 0 Å². The number of thiophene rings is 1. The number of aromatic nitrogens is 1. The third kappa shape index (κ3) is 5.10. The van der Waals surface area contributed by atoms with Crippen LogP contribution in [0.1, 0.15) is 0 Å². The molecule has 2 heterocycles. The second-order valence-electron chi connectivity index (χ2n) is 13.0. The van der Waals surface area contributed by atoms with Crippen LogP contribution in [0.2, 0.25) is 0 Å². The summed E-state index contributed by atoms with van der Waals surface area (Å²) in [7, 11) is 0. The number of nitrogens with zero attached hydrogens (tertiary/aromatic N) is 2. The second-order valence-corrected chi connectivity index (χ2v) is 14.1. The fourth-order valence-electron chi connectivity index (χ4n) is 7.56. The van der Waals surface area contributed by atoms with Gasteiger partial charge in [-0.25, -0.2) is 0 Å². The Morgan fingerprint density at radius 2 is 0.863 bits per heavy atom. The summed E-state index contributed by atoms with van der Waals surface area (Å²) in [5, 5.41) is 5.17. The molecule has 0 fully saturated rings. The first-order valence-electron chi connectivity index (χ1n) is 17.3. The summed E-state index contributed by atoms with van der Waals surface area (Å²) in [5.41, 5.74) is 11.8. The van der Waals surface area contributed by atoms with E-state index in [9.17, 15) is 0 Å². The SMILES string of the molecule is c1ccc(-c2cccc(N(c3ccc(-c4ccc(-n5c6ccccc6c6ccccc65)cc4)cc3)c3ccc4c(c3)sc3ccccc34)c2)cc1. The summed E-state index contributed by atoms with van der Waals surface area (Å²) in [6, 6.07) is 70.4. The molecular weight excluding hydrogens is 637 g/mol. The van der Waals surface area contributed by atoms with E-state index in [4.69, 9.17) is 0 Å². The average molecular weight is 669 g/mol. The number of anilines is 3. The Kier molecular flexibility index (Phi) is 7.04. The smallest absolute Gasteiger partial charge is 0.0541 e. The Balaban J connectivity index is 1.04. The molecule has 2 aromatic heterocycles. The monoisotopic (exact) mass is 668 g/mol.